The number of thiazole rings is 1. The van der Waals surface area contributed by atoms with E-state index in [1.807, 2.05) is 36.8 Å². The first kappa shape index (κ1) is 17.6. The Morgan fingerprint density at radius 3 is 2.95 bits per heavy atom. The molecule has 1 N–H and O–H groups in total. The van der Waals surface area contributed by atoms with Gasteiger partial charge in [-0.15, -0.1) is 11.3 Å². The van der Waals surface area contributed by atoms with Crippen molar-refractivity contribution in [2.24, 2.45) is 0 Å². The Kier molecular flexibility index (Phi) is 6.56. The van der Waals surface area contributed by atoms with Gasteiger partial charge in [0, 0.05) is 29.4 Å². The molecule has 22 heavy (non-hydrogen) atoms. The molecule has 0 bridgehead atoms. The quantitative estimate of drug-likeness (QED) is 0.848. The van der Waals surface area contributed by atoms with Gasteiger partial charge in [-0.1, -0.05) is 13.8 Å². The molecule has 1 aliphatic carbocycles. The lowest BCUT2D eigenvalue weighted by Crippen LogP contribution is -2.43. The van der Waals surface area contributed by atoms with E-state index in [0.29, 0.717) is 11.3 Å². The second-order valence-electron chi connectivity index (χ2n) is 5.84. The number of aryl methyl sites for hydroxylation is 1. The Bertz CT molecular complexity index is 491. The van der Waals surface area contributed by atoms with Crippen LogP contribution in [0, 0.1) is 0 Å². The second-order valence-corrected chi connectivity index (χ2v) is 8.57. The summed E-state index contributed by atoms with van der Waals surface area (Å²) < 4.78 is 0. The van der Waals surface area contributed by atoms with Crippen LogP contribution >= 0.6 is 23.1 Å². The van der Waals surface area contributed by atoms with E-state index in [9.17, 15) is 4.79 Å². The molecule has 0 spiro atoms. The van der Waals surface area contributed by atoms with Crippen molar-refractivity contribution >= 4 is 29.1 Å². The summed E-state index contributed by atoms with van der Waals surface area (Å²) in [6.45, 7) is 6.34. The smallest absolute Gasteiger partial charge is 0.317 e. The normalized spacial score (nSPS) is 22.5. The molecular formula is C16H27N3OS2. The monoisotopic (exact) mass is 341 g/mol. The number of carbonyl (C=O) groups excluding carboxylic acids is 1. The minimum absolute atomic E-state index is 0.0212. The largest absolute Gasteiger partial charge is 0.329 e. The van der Waals surface area contributed by atoms with Crippen LogP contribution in [0.1, 0.15) is 56.0 Å². The molecule has 1 aliphatic rings. The van der Waals surface area contributed by atoms with Crippen molar-refractivity contribution in [2.45, 2.75) is 63.8 Å². The minimum atomic E-state index is -0.0255. The molecule has 0 saturated heterocycles. The zero-order valence-corrected chi connectivity index (χ0v) is 15.6. The van der Waals surface area contributed by atoms with Crippen LogP contribution in [-0.4, -0.2) is 40.0 Å². The standard InChI is InChI=1S/C16H27N3OS2/c1-5-13-10-17-15(22-13)11(3)18-16(20)19(4)12-7-8-14(9-12)21-6-2/h10-12,14H,5-9H2,1-4H3,(H,18,20). The number of hydrogen-bond donors (Lipinski definition) is 1. The van der Waals surface area contributed by atoms with Gasteiger partial charge in [0.15, 0.2) is 0 Å². The van der Waals surface area contributed by atoms with Gasteiger partial charge in [0.25, 0.3) is 0 Å². The Morgan fingerprint density at radius 1 is 1.55 bits per heavy atom. The first-order valence-corrected chi connectivity index (χ1v) is 10.0. The molecule has 6 heteroatoms. The van der Waals surface area contributed by atoms with E-state index in [2.05, 4.69) is 24.1 Å². The molecule has 3 atom stereocenters. The molecule has 1 saturated carbocycles. The Morgan fingerprint density at radius 2 is 2.32 bits per heavy atom. The van der Waals surface area contributed by atoms with E-state index in [4.69, 9.17) is 0 Å². The summed E-state index contributed by atoms with van der Waals surface area (Å²) >= 11 is 3.71. The molecule has 0 aromatic carbocycles. The molecule has 1 fully saturated rings. The van der Waals surface area contributed by atoms with Crippen molar-refractivity contribution in [3.63, 3.8) is 0 Å². The fourth-order valence-electron chi connectivity index (χ4n) is 2.86. The molecular weight excluding hydrogens is 314 g/mol. The second kappa shape index (κ2) is 8.20. The number of aromatic nitrogens is 1. The van der Waals surface area contributed by atoms with E-state index in [1.165, 1.54) is 11.3 Å². The Labute approximate surface area is 142 Å². The van der Waals surface area contributed by atoms with E-state index in [0.717, 1.165) is 30.0 Å². The summed E-state index contributed by atoms with van der Waals surface area (Å²) in [5.41, 5.74) is 0. The van der Waals surface area contributed by atoms with Crippen LogP contribution in [0.2, 0.25) is 0 Å². The minimum Gasteiger partial charge on any atom is -0.329 e. The number of thioether (sulfide) groups is 1. The molecule has 4 nitrogen and oxygen atoms in total. The maximum absolute atomic E-state index is 12.4. The summed E-state index contributed by atoms with van der Waals surface area (Å²) in [6, 6.07) is 0.370. The highest BCUT2D eigenvalue weighted by atomic mass is 32.2. The van der Waals surface area contributed by atoms with Gasteiger partial charge in [-0.25, -0.2) is 9.78 Å². The van der Waals surface area contributed by atoms with Crippen LogP contribution in [0.4, 0.5) is 4.79 Å². The third-order valence-electron chi connectivity index (χ3n) is 4.26. The number of urea groups is 1. The van der Waals surface area contributed by atoms with Gasteiger partial charge in [0.2, 0.25) is 0 Å². The predicted molar refractivity (Wildman–Crippen MR) is 95.8 cm³/mol. The number of nitrogens with one attached hydrogen (secondary N) is 1. The highest BCUT2D eigenvalue weighted by molar-refractivity contribution is 7.99. The molecule has 2 rings (SSSR count). The van der Waals surface area contributed by atoms with Gasteiger partial charge in [-0.05, 0) is 38.4 Å². The van der Waals surface area contributed by atoms with Crippen LogP contribution < -0.4 is 5.32 Å². The molecule has 1 aromatic rings. The molecule has 0 radical (unpaired) electrons. The number of nitrogens with zero attached hydrogens (tertiary/aromatic N) is 2. The van der Waals surface area contributed by atoms with Gasteiger partial charge in [-0.2, -0.15) is 11.8 Å². The summed E-state index contributed by atoms with van der Waals surface area (Å²) in [4.78, 5) is 20.0. The summed E-state index contributed by atoms with van der Waals surface area (Å²) in [5, 5.41) is 4.79. The maximum Gasteiger partial charge on any atom is 0.317 e. The van der Waals surface area contributed by atoms with Gasteiger partial charge < -0.3 is 10.2 Å². The summed E-state index contributed by atoms with van der Waals surface area (Å²) in [5.74, 6) is 1.16. The molecule has 1 heterocycles. The van der Waals surface area contributed by atoms with E-state index in [-0.39, 0.29) is 12.1 Å². The summed E-state index contributed by atoms with van der Waals surface area (Å²) in [6.07, 6.45) is 6.37. The van der Waals surface area contributed by atoms with E-state index in [1.54, 1.807) is 11.3 Å². The van der Waals surface area contributed by atoms with Crippen LogP contribution in [0.5, 0.6) is 0 Å². The maximum atomic E-state index is 12.4. The molecule has 2 amide bonds. The molecule has 124 valence electrons. The summed E-state index contributed by atoms with van der Waals surface area (Å²) in [7, 11) is 1.92. The van der Waals surface area contributed by atoms with E-state index < -0.39 is 0 Å². The van der Waals surface area contributed by atoms with Gasteiger partial charge in [0.1, 0.15) is 5.01 Å². The van der Waals surface area contributed by atoms with Crippen LogP contribution in [-0.2, 0) is 6.42 Å². The van der Waals surface area contributed by atoms with E-state index >= 15 is 0 Å². The average Bonchev–Trinajstić information content (AvgIpc) is 3.15. The number of hydrogen-bond acceptors (Lipinski definition) is 4. The van der Waals surface area contributed by atoms with Crippen LogP contribution in [0.15, 0.2) is 6.20 Å². The fourth-order valence-corrected chi connectivity index (χ4v) is 4.85. The topological polar surface area (TPSA) is 45.2 Å². The zero-order chi connectivity index (χ0) is 16.1. The molecule has 3 unspecified atom stereocenters. The first-order chi connectivity index (χ1) is 10.5. The third kappa shape index (κ3) is 4.38. The number of carbonyl (C=O) groups is 1. The Balaban J connectivity index is 1.86. The highest BCUT2D eigenvalue weighted by Crippen LogP contribution is 2.32. The van der Waals surface area contributed by atoms with Crippen molar-refractivity contribution in [1.29, 1.82) is 0 Å². The third-order valence-corrected chi connectivity index (χ3v) is 6.81. The average molecular weight is 342 g/mol. The van der Waals surface area contributed by atoms with Crippen molar-refractivity contribution in [3.05, 3.63) is 16.1 Å². The van der Waals surface area contributed by atoms with Crippen molar-refractivity contribution in [1.82, 2.24) is 15.2 Å². The van der Waals surface area contributed by atoms with Crippen molar-refractivity contribution in [2.75, 3.05) is 12.8 Å². The van der Waals surface area contributed by atoms with Gasteiger partial charge in [0.05, 0.1) is 6.04 Å². The SMILES string of the molecule is CCSC1CCC(N(C)C(=O)NC(C)c2ncc(CC)s2)C1. The lowest BCUT2D eigenvalue weighted by atomic mass is 10.2. The first-order valence-electron chi connectivity index (χ1n) is 8.14. The van der Waals surface area contributed by atoms with Crippen molar-refractivity contribution in [3.8, 4) is 0 Å². The predicted octanol–water partition coefficient (Wildman–Crippen LogP) is 4.08. The van der Waals surface area contributed by atoms with Gasteiger partial charge >= 0.3 is 6.03 Å². The lowest BCUT2D eigenvalue weighted by Gasteiger charge is -2.26. The van der Waals surface area contributed by atoms with Gasteiger partial charge in [-0.3, -0.25) is 0 Å². The van der Waals surface area contributed by atoms with Crippen LogP contribution in [0.3, 0.4) is 0 Å². The van der Waals surface area contributed by atoms with Crippen LogP contribution in [0.25, 0.3) is 0 Å². The van der Waals surface area contributed by atoms with Crippen molar-refractivity contribution < 1.29 is 4.79 Å². The fraction of sp³-hybridized carbons (Fsp3) is 0.750. The molecule has 1 aromatic heterocycles. The zero-order valence-electron chi connectivity index (χ0n) is 14.0. The highest BCUT2D eigenvalue weighted by Gasteiger charge is 2.30. The number of rotatable bonds is 6. The Hall–Kier alpha value is -0.750. The lowest BCUT2D eigenvalue weighted by molar-refractivity contribution is 0.188. The molecule has 0 aliphatic heterocycles. The number of amides is 2.